The molecule has 3 aromatic carbocycles. The summed E-state index contributed by atoms with van der Waals surface area (Å²) in [7, 11) is 0. The second-order valence-corrected chi connectivity index (χ2v) is 7.99. The zero-order chi connectivity index (χ0) is 19.6. The van der Waals surface area contributed by atoms with Crippen molar-refractivity contribution in [2.75, 3.05) is 5.32 Å². The number of hydrogen-bond donors (Lipinski definition) is 1. The fourth-order valence-electron chi connectivity index (χ4n) is 4.09. The van der Waals surface area contributed by atoms with Crippen LogP contribution in [0.1, 0.15) is 5.56 Å². The summed E-state index contributed by atoms with van der Waals surface area (Å²) in [4.78, 5) is 13.3. The van der Waals surface area contributed by atoms with Gasteiger partial charge in [-0.1, -0.05) is 64.5 Å². The van der Waals surface area contributed by atoms with E-state index in [0.717, 1.165) is 38.2 Å². The molecule has 3 heterocycles. The zero-order valence-corrected chi connectivity index (χ0v) is 16.7. The molecule has 1 N–H and O–H groups in total. The summed E-state index contributed by atoms with van der Waals surface area (Å²) in [6.07, 6.45) is 0. The Bertz CT molecular complexity index is 1300. The van der Waals surface area contributed by atoms with E-state index in [2.05, 4.69) is 21.2 Å². The van der Waals surface area contributed by atoms with Crippen molar-refractivity contribution in [3.05, 3.63) is 88.9 Å². The van der Waals surface area contributed by atoms with E-state index in [9.17, 15) is 4.79 Å². The number of halogens is 1. The van der Waals surface area contributed by atoms with Crippen molar-refractivity contribution in [3.63, 3.8) is 0 Å². The molecule has 2 aliphatic rings. The third-order valence-electron chi connectivity index (χ3n) is 5.40. The maximum Gasteiger partial charge on any atom is 0.310 e. The quantitative estimate of drug-likeness (QED) is 0.449. The minimum Gasteiger partial charge on any atom is -0.452 e. The Kier molecular flexibility index (Phi) is 3.32. The molecule has 29 heavy (non-hydrogen) atoms. The Morgan fingerprint density at radius 3 is 2.62 bits per heavy atom. The lowest BCUT2D eigenvalue weighted by Crippen LogP contribution is -2.49. The lowest BCUT2D eigenvalue weighted by molar-refractivity contribution is -0.135. The van der Waals surface area contributed by atoms with Gasteiger partial charge in [0.1, 0.15) is 5.75 Å². The first kappa shape index (κ1) is 16.6. The number of nitrogens with zero attached hydrogens (tertiary/aromatic N) is 2. The maximum atomic E-state index is 13.3. The summed E-state index contributed by atoms with van der Waals surface area (Å²) in [5.74, 6) is 0.392. The Balaban J connectivity index is 1.68. The van der Waals surface area contributed by atoms with Gasteiger partial charge in [0.2, 0.25) is 0 Å². The van der Waals surface area contributed by atoms with Crippen LogP contribution in [0.2, 0.25) is 0 Å². The Hall–Kier alpha value is -3.38. The summed E-state index contributed by atoms with van der Waals surface area (Å²) >= 11 is 3.54. The molecule has 0 aliphatic carbocycles. The monoisotopic (exact) mass is 443 g/mol. The minimum absolute atomic E-state index is 0.253. The highest BCUT2D eigenvalue weighted by atomic mass is 79.9. The first-order chi connectivity index (χ1) is 14.2. The van der Waals surface area contributed by atoms with E-state index in [1.54, 1.807) is 4.68 Å². The second kappa shape index (κ2) is 5.81. The van der Waals surface area contributed by atoms with Gasteiger partial charge in [0.15, 0.2) is 0 Å². The molecule has 0 saturated heterocycles. The zero-order valence-electron chi connectivity index (χ0n) is 15.1. The highest BCUT2D eigenvalue weighted by Gasteiger charge is 2.55. The van der Waals surface area contributed by atoms with Crippen LogP contribution in [0.3, 0.4) is 0 Å². The highest BCUT2D eigenvalue weighted by Crippen LogP contribution is 2.49. The van der Waals surface area contributed by atoms with Gasteiger partial charge in [-0.15, -0.1) is 0 Å². The number of carbonyl (C=O) groups is 1. The molecule has 5 nitrogen and oxygen atoms in total. The molecule has 1 amide bonds. The van der Waals surface area contributed by atoms with Gasteiger partial charge in [-0.05, 0) is 30.3 Å². The Morgan fingerprint density at radius 2 is 1.76 bits per heavy atom. The molecule has 1 atom stereocenters. The van der Waals surface area contributed by atoms with Crippen molar-refractivity contribution in [1.82, 2.24) is 9.78 Å². The summed E-state index contributed by atoms with van der Waals surface area (Å²) in [5.41, 5.74) is 3.60. The van der Waals surface area contributed by atoms with Gasteiger partial charge in [0.25, 0.3) is 5.91 Å². The fourth-order valence-corrected chi connectivity index (χ4v) is 4.45. The molecular formula is C23H14BrN3O2. The van der Waals surface area contributed by atoms with Gasteiger partial charge in [-0.3, -0.25) is 4.79 Å². The van der Waals surface area contributed by atoms with Crippen molar-refractivity contribution in [1.29, 1.82) is 0 Å². The van der Waals surface area contributed by atoms with Crippen molar-refractivity contribution in [2.45, 2.75) is 5.72 Å². The molecule has 1 aromatic heterocycles. The van der Waals surface area contributed by atoms with E-state index in [4.69, 9.17) is 9.84 Å². The van der Waals surface area contributed by atoms with E-state index >= 15 is 0 Å². The molecule has 6 rings (SSSR count). The molecule has 0 fully saturated rings. The average molecular weight is 444 g/mol. The number of ether oxygens (including phenoxy) is 1. The van der Waals surface area contributed by atoms with Crippen LogP contribution in [-0.2, 0) is 10.5 Å². The summed E-state index contributed by atoms with van der Waals surface area (Å²) in [6, 6.07) is 25.3. The standard InChI is InChI=1S/C23H14BrN3O2/c24-15-10-11-21-16(12-15)20-13-19(14-6-2-1-3-7-14)26-27(20)23(29-21)17-8-4-5-9-18(17)25-22(23)28/h1-13H,(H,25,28)/t23-/m0/s1. The van der Waals surface area contributed by atoms with Gasteiger partial charge < -0.3 is 10.1 Å². The molecule has 0 unspecified atom stereocenters. The number of benzene rings is 3. The van der Waals surface area contributed by atoms with Gasteiger partial charge >= 0.3 is 5.72 Å². The van der Waals surface area contributed by atoms with Gasteiger partial charge in [0.05, 0.1) is 22.6 Å². The number of carbonyl (C=O) groups excluding carboxylic acids is 1. The number of fused-ring (bicyclic) bond motifs is 6. The molecule has 140 valence electrons. The number of rotatable bonds is 1. The average Bonchev–Trinajstić information content (AvgIpc) is 3.31. The number of para-hydroxylation sites is 1. The Morgan fingerprint density at radius 1 is 0.966 bits per heavy atom. The van der Waals surface area contributed by atoms with Crippen molar-refractivity contribution >= 4 is 27.5 Å². The van der Waals surface area contributed by atoms with Crippen LogP contribution in [-0.4, -0.2) is 15.7 Å². The minimum atomic E-state index is -1.38. The van der Waals surface area contributed by atoms with Crippen LogP contribution in [0.15, 0.2) is 83.3 Å². The number of aromatic nitrogens is 2. The fraction of sp³-hybridized carbons (Fsp3) is 0.0435. The smallest absolute Gasteiger partial charge is 0.310 e. The number of hydrogen-bond acceptors (Lipinski definition) is 3. The van der Waals surface area contributed by atoms with Crippen LogP contribution in [0, 0.1) is 0 Å². The van der Waals surface area contributed by atoms with Crippen LogP contribution < -0.4 is 10.1 Å². The number of anilines is 1. The van der Waals surface area contributed by atoms with E-state index in [1.165, 1.54) is 0 Å². The van der Waals surface area contributed by atoms with Crippen LogP contribution in [0.5, 0.6) is 5.75 Å². The number of nitrogens with one attached hydrogen (secondary N) is 1. The lowest BCUT2D eigenvalue weighted by Gasteiger charge is -2.35. The topological polar surface area (TPSA) is 56.1 Å². The molecule has 6 heteroatoms. The van der Waals surface area contributed by atoms with Crippen LogP contribution in [0.4, 0.5) is 5.69 Å². The second-order valence-electron chi connectivity index (χ2n) is 7.08. The highest BCUT2D eigenvalue weighted by molar-refractivity contribution is 9.10. The predicted octanol–water partition coefficient (Wildman–Crippen LogP) is 5.03. The first-order valence-corrected chi connectivity index (χ1v) is 10.0. The normalized spacial score (nSPS) is 18.6. The van der Waals surface area contributed by atoms with E-state index in [0.29, 0.717) is 5.75 Å². The Labute approximate surface area is 175 Å². The summed E-state index contributed by atoms with van der Waals surface area (Å²) in [6.45, 7) is 0. The van der Waals surface area contributed by atoms with Crippen molar-refractivity contribution in [3.8, 4) is 28.3 Å². The predicted molar refractivity (Wildman–Crippen MR) is 114 cm³/mol. The molecular weight excluding hydrogens is 430 g/mol. The third-order valence-corrected chi connectivity index (χ3v) is 5.89. The molecule has 0 radical (unpaired) electrons. The SMILES string of the molecule is O=C1Nc2ccccc2[C@]12Oc1ccc(Br)cc1-c1cc(-c3ccccc3)nn12. The summed E-state index contributed by atoms with van der Waals surface area (Å²) < 4.78 is 9.06. The molecule has 0 bridgehead atoms. The largest absolute Gasteiger partial charge is 0.452 e. The van der Waals surface area contributed by atoms with Crippen molar-refractivity contribution < 1.29 is 9.53 Å². The van der Waals surface area contributed by atoms with Crippen LogP contribution in [0.25, 0.3) is 22.5 Å². The van der Waals surface area contributed by atoms with Crippen LogP contribution >= 0.6 is 15.9 Å². The van der Waals surface area contributed by atoms with E-state index < -0.39 is 5.72 Å². The van der Waals surface area contributed by atoms with E-state index in [1.807, 2.05) is 78.9 Å². The van der Waals surface area contributed by atoms with Gasteiger partial charge in [0, 0.05) is 15.6 Å². The third kappa shape index (κ3) is 2.20. The van der Waals surface area contributed by atoms with Gasteiger partial charge in [-0.2, -0.15) is 5.10 Å². The lowest BCUT2D eigenvalue weighted by atomic mass is 9.99. The van der Waals surface area contributed by atoms with Crippen molar-refractivity contribution in [2.24, 2.45) is 0 Å². The molecule has 2 aliphatic heterocycles. The maximum absolute atomic E-state index is 13.3. The van der Waals surface area contributed by atoms with E-state index in [-0.39, 0.29) is 5.91 Å². The first-order valence-electron chi connectivity index (χ1n) is 9.23. The molecule has 4 aromatic rings. The molecule has 0 saturated carbocycles. The summed E-state index contributed by atoms with van der Waals surface area (Å²) in [5, 5.41) is 7.81. The molecule has 1 spiro atoms. The van der Waals surface area contributed by atoms with Gasteiger partial charge in [-0.25, -0.2) is 4.68 Å². The number of amides is 1.